The van der Waals surface area contributed by atoms with Gasteiger partial charge in [-0.3, -0.25) is 9.78 Å². The SMILES string of the molecule is COCCCn1c(=S)[nH]c(=O)c2c(C(F)F)cc(-c3cccc(OC)c3)nc21. The van der Waals surface area contributed by atoms with Crippen molar-refractivity contribution >= 4 is 23.3 Å². The number of nitrogens with one attached hydrogen (secondary N) is 1. The van der Waals surface area contributed by atoms with Crippen molar-refractivity contribution in [2.75, 3.05) is 20.8 Å². The van der Waals surface area contributed by atoms with Crippen molar-refractivity contribution in [3.05, 3.63) is 51.0 Å². The van der Waals surface area contributed by atoms with E-state index in [4.69, 9.17) is 21.7 Å². The molecule has 3 aromatic rings. The Labute approximate surface area is 164 Å². The van der Waals surface area contributed by atoms with Crippen LogP contribution in [0.3, 0.4) is 0 Å². The van der Waals surface area contributed by atoms with E-state index < -0.39 is 12.0 Å². The molecule has 0 unspecified atom stereocenters. The van der Waals surface area contributed by atoms with E-state index in [9.17, 15) is 13.6 Å². The lowest BCUT2D eigenvalue weighted by Gasteiger charge is -2.14. The third kappa shape index (κ3) is 3.95. The Morgan fingerprint density at radius 1 is 1.29 bits per heavy atom. The molecule has 2 aromatic heterocycles. The number of aromatic amines is 1. The van der Waals surface area contributed by atoms with Gasteiger partial charge in [-0.2, -0.15) is 0 Å². The summed E-state index contributed by atoms with van der Waals surface area (Å²) in [5.74, 6) is 0.570. The van der Waals surface area contributed by atoms with E-state index in [1.54, 1.807) is 35.9 Å². The van der Waals surface area contributed by atoms with Gasteiger partial charge >= 0.3 is 0 Å². The fraction of sp³-hybridized carbons (Fsp3) is 0.316. The van der Waals surface area contributed by atoms with Crippen LogP contribution in [0.5, 0.6) is 5.75 Å². The number of rotatable bonds is 7. The van der Waals surface area contributed by atoms with E-state index in [0.29, 0.717) is 36.6 Å². The molecule has 0 amide bonds. The summed E-state index contributed by atoms with van der Waals surface area (Å²) in [7, 11) is 3.09. The minimum Gasteiger partial charge on any atom is -0.497 e. The second kappa shape index (κ2) is 8.57. The van der Waals surface area contributed by atoms with Crippen LogP contribution < -0.4 is 10.3 Å². The zero-order chi connectivity index (χ0) is 20.3. The Morgan fingerprint density at radius 2 is 2.07 bits per heavy atom. The number of ether oxygens (including phenoxy) is 2. The molecule has 0 atom stereocenters. The summed E-state index contributed by atoms with van der Waals surface area (Å²) < 4.78 is 39.5. The van der Waals surface area contributed by atoms with Gasteiger partial charge in [-0.15, -0.1) is 0 Å². The molecule has 0 radical (unpaired) electrons. The highest BCUT2D eigenvalue weighted by Crippen LogP contribution is 2.30. The maximum Gasteiger partial charge on any atom is 0.264 e. The highest BCUT2D eigenvalue weighted by molar-refractivity contribution is 7.71. The third-order valence-corrected chi connectivity index (χ3v) is 4.63. The lowest BCUT2D eigenvalue weighted by Crippen LogP contribution is -2.18. The molecule has 0 aliphatic carbocycles. The number of pyridine rings is 1. The number of hydrogen-bond donors (Lipinski definition) is 1. The summed E-state index contributed by atoms with van der Waals surface area (Å²) >= 11 is 5.24. The molecule has 0 spiro atoms. The van der Waals surface area contributed by atoms with Crippen LogP contribution in [0.2, 0.25) is 0 Å². The number of benzene rings is 1. The van der Waals surface area contributed by atoms with Gasteiger partial charge in [0.15, 0.2) is 4.77 Å². The van der Waals surface area contributed by atoms with Gasteiger partial charge in [0.1, 0.15) is 11.4 Å². The molecule has 1 N–H and O–H groups in total. The molecule has 2 heterocycles. The number of methoxy groups -OCH3 is 2. The summed E-state index contributed by atoms with van der Waals surface area (Å²) in [5.41, 5.74) is -0.0389. The van der Waals surface area contributed by atoms with Gasteiger partial charge < -0.3 is 14.0 Å². The molecule has 0 saturated heterocycles. The topological polar surface area (TPSA) is 69.1 Å². The minimum atomic E-state index is -2.85. The van der Waals surface area contributed by atoms with Crippen LogP contribution >= 0.6 is 12.2 Å². The zero-order valence-electron chi connectivity index (χ0n) is 15.4. The van der Waals surface area contributed by atoms with Crippen molar-refractivity contribution in [3.8, 4) is 17.0 Å². The maximum absolute atomic E-state index is 13.8. The molecule has 0 bridgehead atoms. The molecule has 0 saturated carbocycles. The first-order valence-corrected chi connectivity index (χ1v) is 8.96. The highest BCUT2D eigenvalue weighted by Gasteiger charge is 2.20. The van der Waals surface area contributed by atoms with Crippen molar-refractivity contribution in [1.82, 2.24) is 14.5 Å². The van der Waals surface area contributed by atoms with Gasteiger partial charge in [0, 0.05) is 31.4 Å². The standard InChI is InChI=1S/C19H19F2N3O3S/c1-26-8-4-7-24-17-15(18(25)23-19(24)28)13(16(20)21)10-14(22-17)11-5-3-6-12(9-11)27-2/h3,5-6,9-10,16H,4,7-8H2,1-2H3,(H,23,25,28). The predicted molar refractivity (Wildman–Crippen MR) is 105 cm³/mol. The summed E-state index contributed by atoms with van der Waals surface area (Å²) in [6.07, 6.45) is -2.26. The van der Waals surface area contributed by atoms with Crippen LogP contribution in [0.4, 0.5) is 8.78 Å². The van der Waals surface area contributed by atoms with Gasteiger partial charge in [-0.25, -0.2) is 13.8 Å². The molecule has 28 heavy (non-hydrogen) atoms. The van der Waals surface area contributed by atoms with Crippen LogP contribution in [0, 0.1) is 4.77 Å². The van der Waals surface area contributed by atoms with Crippen molar-refractivity contribution < 1.29 is 18.3 Å². The predicted octanol–water partition coefficient (Wildman–Crippen LogP) is 4.10. The quantitative estimate of drug-likeness (QED) is 0.472. The van der Waals surface area contributed by atoms with Gasteiger partial charge in [0.2, 0.25) is 0 Å². The second-order valence-electron chi connectivity index (χ2n) is 6.09. The number of hydrogen-bond acceptors (Lipinski definition) is 5. The van der Waals surface area contributed by atoms with Crippen molar-refractivity contribution in [1.29, 1.82) is 0 Å². The number of fused-ring (bicyclic) bond motifs is 1. The fourth-order valence-corrected chi connectivity index (χ4v) is 3.25. The monoisotopic (exact) mass is 407 g/mol. The van der Waals surface area contributed by atoms with Crippen molar-refractivity contribution in [3.63, 3.8) is 0 Å². The van der Waals surface area contributed by atoms with Crippen LogP contribution in [0.1, 0.15) is 18.4 Å². The number of aryl methyl sites for hydroxylation is 1. The Morgan fingerprint density at radius 3 is 2.75 bits per heavy atom. The largest absolute Gasteiger partial charge is 0.497 e. The summed E-state index contributed by atoms with van der Waals surface area (Å²) in [6.45, 7) is 0.830. The first-order valence-electron chi connectivity index (χ1n) is 8.55. The average Bonchev–Trinajstić information content (AvgIpc) is 2.69. The lowest BCUT2D eigenvalue weighted by atomic mass is 10.1. The van der Waals surface area contributed by atoms with Gasteiger partial charge in [0.25, 0.3) is 12.0 Å². The second-order valence-corrected chi connectivity index (χ2v) is 6.47. The van der Waals surface area contributed by atoms with Crippen LogP contribution in [-0.4, -0.2) is 35.4 Å². The van der Waals surface area contributed by atoms with E-state index in [-0.39, 0.29) is 21.4 Å². The number of nitrogens with zero attached hydrogens (tertiary/aromatic N) is 2. The smallest absolute Gasteiger partial charge is 0.264 e. The molecular weight excluding hydrogens is 388 g/mol. The normalized spacial score (nSPS) is 11.3. The number of H-pyrrole nitrogens is 1. The molecule has 3 rings (SSSR count). The van der Waals surface area contributed by atoms with Gasteiger partial charge in [-0.1, -0.05) is 12.1 Å². The first kappa shape index (κ1) is 20.1. The Bertz CT molecular complexity index is 1110. The van der Waals surface area contributed by atoms with Crippen molar-refractivity contribution in [2.45, 2.75) is 19.4 Å². The number of alkyl halides is 2. The van der Waals surface area contributed by atoms with Crippen LogP contribution in [0.15, 0.2) is 35.1 Å². The Hall–Kier alpha value is -2.65. The molecule has 0 fully saturated rings. The van der Waals surface area contributed by atoms with Crippen LogP contribution in [0.25, 0.3) is 22.3 Å². The molecule has 1 aromatic carbocycles. The maximum atomic E-state index is 13.8. The summed E-state index contributed by atoms with van der Waals surface area (Å²) in [5, 5.41) is -0.160. The first-order chi connectivity index (χ1) is 13.5. The highest BCUT2D eigenvalue weighted by atomic mass is 32.1. The molecular formula is C19H19F2N3O3S. The average molecular weight is 407 g/mol. The number of halogens is 2. The minimum absolute atomic E-state index is 0.125. The lowest BCUT2D eigenvalue weighted by molar-refractivity contribution is 0.153. The van der Waals surface area contributed by atoms with Crippen LogP contribution in [-0.2, 0) is 11.3 Å². The molecule has 9 heteroatoms. The summed E-state index contributed by atoms with van der Waals surface area (Å²) in [6, 6.07) is 8.16. The van der Waals surface area contributed by atoms with Gasteiger partial charge in [-0.05, 0) is 36.8 Å². The zero-order valence-corrected chi connectivity index (χ0v) is 16.2. The van der Waals surface area contributed by atoms with E-state index in [0.717, 1.165) is 0 Å². The molecule has 0 aliphatic heterocycles. The summed E-state index contributed by atoms with van der Waals surface area (Å²) in [4.78, 5) is 19.4. The van der Waals surface area contributed by atoms with E-state index >= 15 is 0 Å². The molecule has 6 nitrogen and oxygen atoms in total. The molecule has 148 valence electrons. The van der Waals surface area contributed by atoms with E-state index in [1.165, 1.54) is 13.2 Å². The Balaban J connectivity index is 2.31. The van der Waals surface area contributed by atoms with Crippen molar-refractivity contribution in [2.24, 2.45) is 0 Å². The van der Waals surface area contributed by atoms with Gasteiger partial charge in [0.05, 0.1) is 18.2 Å². The van der Waals surface area contributed by atoms with E-state index in [1.807, 2.05) is 0 Å². The Kier molecular flexibility index (Phi) is 6.15. The number of aromatic nitrogens is 3. The van der Waals surface area contributed by atoms with E-state index in [2.05, 4.69) is 9.97 Å². The third-order valence-electron chi connectivity index (χ3n) is 4.31. The molecule has 0 aliphatic rings. The fourth-order valence-electron chi connectivity index (χ4n) is 2.98.